The van der Waals surface area contributed by atoms with E-state index in [0.717, 1.165) is 5.57 Å². The lowest BCUT2D eigenvalue weighted by Crippen LogP contribution is -2.64. The third-order valence-corrected chi connectivity index (χ3v) is 13.9. The molecule has 1 aromatic carbocycles. The van der Waals surface area contributed by atoms with Crippen LogP contribution >= 0.6 is 0 Å². The second kappa shape index (κ2) is 22.5. The average Bonchev–Trinajstić information content (AvgIpc) is 3.27. The Bertz CT molecular complexity index is 1780. The van der Waals surface area contributed by atoms with Gasteiger partial charge in [0, 0.05) is 44.9 Å². The van der Waals surface area contributed by atoms with Gasteiger partial charge in [0.05, 0.1) is 31.5 Å². The lowest BCUT2D eigenvalue weighted by Gasteiger charge is -2.47. The Morgan fingerprint density at radius 1 is 0.873 bits per heavy atom. The number of benzene rings is 1. The van der Waals surface area contributed by atoms with Crippen LogP contribution in [0.4, 0.5) is 0 Å². The molecular formula is C49H73NO13. The van der Waals surface area contributed by atoms with Crippen molar-refractivity contribution >= 4 is 23.4 Å². The van der Waals surface area contributed by atoms with Crippen molar-refractivity contribution in [3.63, 3.8) is 0 Å². The summed E-state index contributed by atoms with van der Waals surface area (Å²) in [7, 11) is 4.65. The molecule has 1 saturated carbocycles. The number of carbonyl (C=O) groups is 4. The zero-order chi connectivity index (χ0) is 46.2. The second-order valence-corrected chi connectivity index (χ2v) is 18.7. The first kappa shape index (κ1) is 50.3. The van der Waals surface area contributed by atoms with E-state index in [9.17, 15) is 34.5 Å². The highest BCUT2D eigenvalue weighted by atomic mass is 16.7. The molecule has 3 heterocycles. The molecule has 3 fully saturated rings. The van der Waals surface area contributed by atoms with Crippen LogP contribution in [0, 0.1) is 29.6 Å². The van der Waals surface area contributed by atoms with Crippen LogP contribution in [0.2, 0.25) is 0 Å². The van der Waals surface area contributed by atoms with Gasteiger partial charge in [-0.2, -0.15) is 0 Å². The second-order valence-electron chi connectivity index (χ2n) is 18.7. The van der Waals surface area contributed by atoms with Gasteiger partial charge < -0.3 is 48.6 Å². The molecule has 14 heteroatoms. The third-order valence-electron chi connectivity index (χ3n) is 13.9. The van der Waals surface area contributed by atoms with Crippen molar-refractivity contribution in [3.05, 3.63) is 47.6 Å². The molecule has 63 heavy (non-hydrogen) atoms. The van der Waals surface area contributed by atoms with E-state index in [2.05, 4.69) is 0 Å². The molecule has 14 nitrogen and oxygen atoms in total. The van der Waals surface area contributed by atoms with E-state index in [1.807, 2.05) is 32.9 Å². The van der Waals surface area contributed by atoms with Gasteiger partial charge in [-0.1, -0.05) is 45.4 Å². The Morgan fingerprint density at radius 3 is 2.17 bits per heavy atom. The summed E-state index contributed by atoms with van der Waals surface area (Å²) in [5.74, 6) is -6.46. The van der Waals surface area contributed by atoms with Gasteiger partial charge in [0.1, 0.15) is 41.6 Å². The Morgan fingerprint density at radius 2 is 1.54 bits per heavy atom. The van der Waals surface area contributed by atoms with Crippen molar-refractivity contribution in [3.8, 4) is 11.5 Å². The number of fused-ring (bicyclic) bond motifs is 3. The van der Waals surface area contributed by atoms with Gasteiger partial charge >= 0.3 is 5.97 Å². The number of carbonyl (C=O) groups excluding carboxylic acids is 4. The number of esters is 1. The van der Waals surface area contributed by atoms with E-state index in [-0.39, 0.29) is 43.4 Å². The van der Waals surface area contributed by atoms with Crippen molar-refractivity contribution in [1.29, 1.82) is 0 Å². The summed E-state index contributed by atoms with van der Waals surface area (Å²) < 4.78 is 35.7. The molecule has 1 aromatic rings. The molecule has 352 valence electrons. The molecule has 0 radical (unpaired) electrons. The number of aliphatic hydroxyl groups excluding tert-OH is 2. The third kappa shape index (κ3) is 12.2. The Balaban J connectivity index is 1.47. The summed E-state index contributed by atoms with van der Waals surface area (Å²) >= 11 is 0. The first-order valence-corrected chi connectivity index (χ1v) is 23.0. The molecule has 2 bridgehead atoms. The number of ketones is 2. The fraction of sp³-hybridized carbons (Fsp3) is 0.714. The Labute approximate surface area is 373 Å². The quantitative estimate of drug-likeness (QED) is 0.159. The molecule has 14 atom stereocenters. The minimum atomic E-state index is -2.52. The first-order chi connectivity index (χ1) is 29.9. The van der Waals surface area contributed by atoms with Crippen LogP contribution in [0.25, 0.3) is 0 Å². The molecule has 4 aliphatic rings. The zero-order valence-electron chi connectivity index (χ0n) is 38.8. The number of aliphatic hydroxyl groups is 3. The number of nitrogens with zero attached hydrogens (tertiary/aromatic N) is 1. The highest BCUT2D eigenvalue weighted by molar-refractivity contribution is 6.39. The number of hydrogen-bond donors (Lipinski definition) is 3. The summed E-state index contributed by atoms with van der Waals surface area (Å²) in [6.07, 6.45) is 2.99. The van der Waals surface area contributed by atoms with Gasteiger partial charge in [-0.15, -0.1) is 0 Å². The van der Waals surface area contributed by atoms with Gasteiger partial charge in [0.25, 0.3) is 11.7 Å². The normalized spacial score (nSPS) is 38.1. The van der Waals surface area contributed by atoms with Crippen LogP contribution in [0.1, 0.15) is 112 Å². The number of rotatable bonds is 8. The molecule has 5 rings (SSSR count). The largest absolute Gasteiger partial charge is 0.497 e. The average molecular weight is 884 g/mol. The van der Waals surface area contributed by atoms with Crippen LogP contribution in [0.5, 0.6) is 11.5 Å². The Kier molecular flexibility index (Phi) is 18.0. The minimum Gasteiger partial charge on any atom is -0.497 e. The fourth-order valence-corrected chi connectivity index (χ4v) is 10.1. The van der Waals surface area contributed by atoms with Crippen LogP contribution in [0.15, 0.2) is 47.6 Å². The SMILES string of the molecule is CC[C@@H]1/C=C(\C)C[C@H](C)C[C@H](OC)[C@H]2O[C@@](O)(C(=O)C(=O)N3CCCC[C@H]3C(=O)O[C@H](/C(C)=C/[C@@H]3CC[C@@H](Oc4ccc(OC)cc4)[C@H](O)C3)[C@H](C)[C@@H](O)CC1=O)[C@H](C)C[C@@H]2OC. The predicted molar refractivity (Wildman–Crippen MR) is 235 cm³/mol. The maximum Gasteiger partial charge on any atom is 0.329 e. The zero-order valence-corrected chi connectivity index (χ0v) is 38.8. The van der Waals surface area contributed by atoms with E-state index in [0.29, 0.717) is 68.4 Å². The van der Waals surface area contributed by atoms with Gasteiger partial charge in [-0.25, -0.2) is 4.79 Å². The van der Waals surface area contributed by atoms with E-state index in [4.69, 9.17) is 28.4 Å². The highest BCUT2D eigenvalue weighted by Crippen LogP contribution is 2.39. The summed E-state index contributed by atoms with van der Waals surface area (Å²) in [5.41, 5.74) is 1.61. The van der Waals surface area contributed by atoms with Crippen molar-refractivity contribution in [2.75, 3.05) is 27.9 Å². The maximum atomic E-state index is 14.4. The molecule has 0 aromatic heterocycles. The number of cyclic esters (lactones) is 1. The molecule has 1 amide bonds. The van der Waals surface area contributed by atoms with Crippen molar-refractivity contribution in [2.24, 2.45) is 29.6 Å². The summed E-state index contributed by atoms with van der Waals surface area (Å²) in [4.78, 5) is 58.1. The fourth-order valence-electron chi connectivity index (χ4n) is 10.1. The standard InChI is InChI=1S/C49H73NO13/c1-10-34-22-28(2)21-29(3)23-42(59-8)45-43(60-9)25-31(5)49(57,63-45)46(54)47(55)50-20-12-11-13-37(50)48(56)62-44(32(6)38(51)27-39(34)52)30(4)24-33-14-19-41(40(53)26-33)61-36-17-15-35(58-7)16-18-36/h15-18,22,24,29,31-34,37-38,40-45,51,53,57H,10-14,19-21,23,25-27H2,1-9H3/b28-22+,30-24+/t29-,31+,32+,33-,34+,37-,38-,40+,41+,42-,43-,44+,45+,49+/m0/s1. The summed E-state index contributed by atoms with van der Waals surface area (Å²) in [5, 5.41) is 35.1. The number of piperidine rings is 1. The van der Waals surface area contributed by atoms with Crippen LogP contribution in [0.3, 0.4) is 0 Å². The molecule has 2 saturated heterocycles. The van der Waals surface area contributed by atoms with Crippen LogP contribution < -0.4 is 9.47 Å². The van der Waals surface area contributed by atoms with Crippen LogP contribution in [-0.4, -0.2) is 126 Å². The van der Waals surface area contributed by atoms with Crippen molar-refractivity contribution in [1.82, 2.24) is 4.90 Å². The summed E-state index contributed by atoms with van der Waals surface area (Å²) in [6, 6.07) is 6.02. The molecule has 3 aliphatic heterocycles. The minimum absolute atomic E-state index is 0.0226. The monoisotopic (exact) mass is 884 g/mol. The lowest BCUT2D eigenvalue weighted by atomic mass is 9.81. The molecular weight excluding hydrogens is 811 g/mol. The van der Waals surface area contributed by atoms with E-state index >= 15 is 0 Å². The number of methoxy groups -OCH3 is 3. The topological polar surface area (TPSA) is 188 Å². The van der Waals surface area contributed by atoms with Gasteiger partial charge in [-0.05, 0) is 120 Å². The van der Waals surface area contributed by atoms with E-state index in [1.54, 1.807) is 52.1 Å². The molecule has 3 N–H and O–H groups in total. The smallest absolute Gasteiger partial charge is 0.329 e. The Hall–Kier alpha value is -3.66. The number of Topliss-reactive ketones (excluding diaryl/α,β-unsaturated/α-hetero) is 2. The van der Waals surface area contributed by atoms with Crippen LogP contribution in [-0.2, 0) is 38.1 Å². The van der Waals surface area contributed by atoms with E-state index in [1.165, 1.54) is 19.1 Å². The van der Waals surface area contributed by atoms with Crippen molar-refractivity contribution in [2.45, 2.75) is 167 Å². The number of hydrogen-bond acceptors (Lipinski definition) is 13. The summed E-state index contributed by atoms with van der Waals surface area (Å²) in [6.45, 7) is 11.2. The van der Waals surface area contributed by atoms with Crippen molar-refractivity contribution < 1.29 is 62.9 Å². The van der Waals surface area contributed by atoms with Gasteiger partial charge in [0.15, 0.2) is 0 Å². The highest BCUT2D eigenvalue weighted by Gasteiger charge is 2.56. The maximum absolute atomic E-state index is 14.4. The first-order valence-electron chi connectivity index (χ1n) is 23.0. The predicted octanol–water partition coefficient (Wildman–Crippen LogP) is 5.91. The number of amides is 1. The lowest BCUT2D eigenvalue weighted by molar-refractivity contribution is -0.302. The molecule has 0 unspecified atom stereocenters. The van der Waals surface area contributed by atoms with E-state index < -0.39 is 90.0 Å². The van der Waals surface area contributed by atoms with Gasteiger partial charge in [0.2, 0.25) is 5.79 Å². The molecule has 0 spiro atoms. The van der Waals surface area contributed by atoms with Gasteiger partial charge in [-0.3, -0.25) is 14.4 Å². The number of ether oxygens (including phenoxy) is 6. The number of allylic oxidation sites excluding steroid dienone is 3. The molecule has 1 aliphatic carbocycles.